The molecule has 1 atom stereocenters. The van der Waals surface area contributed by atoms with Gasteiger partial charge in [-0.05, 0) is 43.9 Å². The van der Waals surface area contributed by atoms with E-state index in [1.165, 1.54) is 0 Å². The van der Waals surface area contributed by atoms with Crippen molar-refractivity contribution in [3.05, 3.63) is 69.8 Å². The first-order valence-electron chi connectivity index (χ1n) is 11.3. The van der Waals surface area contributed by atoms with Crippen molar-refractivity contribution in [1.29, 1.82) is 0 Å². The number of carbonyl (C=O) groups is 2. The maximum absolute atomic E-state index is 12.7. The summed E-state index contributed by atoms with van der Waals surface area (Å²) in [6.45, 7) is 5.56. The van der Waals surface area contributed by atoms with Crippen LogP contribution in [0.25, 0.3) is 33.1 Å². The van der Waals surface area contributed by atoms with Crippen LogP contribution in [0.2, 0.25) is 0 Å². The lowest BCUT2D eigenvalue weighted by Crippen LogP contribution is -2.47. The summed E-state index contributed by atoms with van der Waals surface area (Å²) >= 11 is 0. The third-order valence-electron chi connectivity index (χ3n) is 6.13. The fourth-order valence-electron chi connectivity index (χ4n) is 4.40. The monoisotopic (exact) mass is 460 g/mol. The summed E-state index contributed by atoms with van der Waals surface area (Å²) in [6.07, 6.45) is 0.983. The molecule has 0 bridgehead atoms. The van der Waals surface area contributed by atoms with Crippen LogP contribution in [0.1, 0.15) is 43.1 Å². The number of hydrogen-bond acceptors (Lipinski definition) is 6. The Bertz CT molecular complexity index is 1430. The summed E-state index contributed by atoms with van der Waals surface area (Å²) in [4.78, 5) is 36.2. The second-order valence-corrected chi connectivity index (χ2v) is 8.46. The van der Waals surface area contributed by atoms with Crippen molar-refractivity contribution in [3.63, 3.8) is 0 Å². The Morgan fingerprint density at radius 1 is 1.03 bits per heavy atom. The number of rotatable bonds is 8. The van der Waals surface area contributed by atoms with Crippen molar-refractivity contribution in [3.8, 4) is 11.1 Å². The van der Waals surface area contributed by atoms with Gasteiger partial charge in [-0.3, -0.25) is 4.79 Å². The van der Waals surface area contributed by atoms with Crippen molar-refractivity contribution in [2.75, 3.05) is 0 Å². The molecule has 34 heavy (non-hydrogen) atoms. The molecule has 0 aliphatic heterocycles. The Balaban J connectivity index is 1.69. The van der Waals surface area contributed by atoms with E-state index in [4.69, 9.17) is 8.83 Å². The largest absolute Gasteiger partial charge is 0.548 e. The van der Waals surface area contributed by atoms with Crippen LogP contribution in [-0.2, 0) is 16.0 Å². The minimum absolute atomic E-state index is 0.0348. The predicted molar refractivity (Wildman–Crippen MR) is 127 cm³/mol. The number of aryl methyl sites for hydroxylation is 2. The first-order valence-corrected chi connectivity index (χ1v) is 11.3. The number of carboxylic acid groups (broad SMARTS) is 1. The van der Waals surface area contributed by atoms with E-state index in [0.29, 0.717) is 23.2 Å². The lowest BCUT2D eigenvalue weighted by molar-refractivity contribution is -0.308. The molecule has 2 aromatic carbocycles. The molecule has 0 aliphatic carbocycles. The Morgan fingerprint density at radius 3 is 2.41 bits per heavy atom. The molecule has 7 heteroatoms. The minimum atomic E-state index is -1.31. The minimum Gasteiger partial charge on any atom is -0.548 e. The molecular formula is C27H26NO6-. The van der Waals surface area contributed by atoms with Gasteiger partial charge >= 0.3 is 5.63 Å². The molecule has 176 valence electrons. The molecule has 2 heterocycles. The van der Waals surface area contributed by atoms with Crippen LogP contribution in [0.15, 0.2) is 56.1 Å². The van der Waals surface area contributed by atoms with Gasteiger partial charge in [-0.15, -0.1) is 0 Å². The lowest BCUT2D eigenvalue weighted by Gasteiger charge is -2.19. The smallest absolute Gasteiger partial charge is 0.339 e. The van der Waals surface area contributed by atoms with Crippen molar-refractivity contribution in [1.82, 2.24) is 5.32 Å². The summed E-state index contributed by atoms with van der Waals surface area (Å²) in [6, 6.07) is 12.6. The highest BCUT2D eigenvalue weighted by Crippen LogP contribution is 2.37. The number of aliphatic carboxylic acids is 1. The SMILES string of the molecule is CCC[C@H](NC(=O)CCc1c(C)c2cc3c(-c4ccccc4)c(C)oc3cc2oc1=O)C(=O)[O-]. The van der Waals surface area contributed by atoms with Crippen molar-refractivity contribution < 1.29 is 23.5 Å². The highest BCUT2D eigenvalue weighted by Gasteiger charge is 2.19. The molecule has 4 rings (SSSR count). The number of nitrogens with one attached hydrogen (secondary N) is 1. The number of amides is 1. The molecule has 4 aromatic rings. The number of carboxylic acids is 1. The average Bonchev–Trinajstić information content (AvgIpc) is 3.12. The van der Waals surface area contributed by atoms with Crippen molar-refractivity contribution in [2.24, 2.45) is 0 Å². The average molecular weight is 461 g/mol. The van der Waals surface area contributed by atoms with Crippen LogP contribution in [0, 0.1) is 13.8 Å². The summed E-state index contributed by atoms with van der Waals surface area (Å²) < 4.78 is 11.5. The van der Waals surface area contributed by atoms with E-state index in [0.717, 1.165) is 33.2 Å². The molecule has 0 unspecified atom stereocenters. The molecule has 1 amide bonds. The van der Waals surface area contributed by atoms with Gasteiger partial charge in [-0.1, -0.05) is 43.7 Å². The highest BCUT2D eigenvalue weighted by atomic mass is 16.4. The number of furan rings is 1. The van der Waals surface area contributed by atoms with Crippen LogP contribution in [0.5, 0.6) is 0 Å². The van der Waals surface area contributed by atoms with Gasteiger partial charge in [0.15, 0.2) is 0 Å². The zero-order valence-electron chi connectivity index (χ0n) is 19.4. The molecular weight excluding hydrogens is 434 g/mol. The molecule has 0 radical (unpaired) electrons. The molecule has 1 N–H and O–H groups in total. The van der Waals surface area contributed by atoms with Crippen LogP contribution in [-0.4, -0.2) is 17.9 Å². The molecule has 2 aromatic heterocycles. The van der Waals surface area contributed by atoms with Crippen LogP contribution in [0.3, 0.4) is 0 Å². The number of benzene rings is 2. The van der Waals surface area contributed by atoms with Gasteiger partial charge in [0.05, 0.1) is 12.0 Å². The Hall–Kier alpha value is -3.87. The van der Waals surface area contributed by atoms with E-state index in [-0.39, 0.29) is 19.3 Å². The first-order chi connectivity index (χ1) is 16.3. The third kappa shape index (κ3) is 4.46. The number of fused-ring (bicyclic) bond motifs is 2. The Labute approximate surface area is 196 Å². The van der Waals surface area contributed by atoms with Crippen LogP contribution < -0.4 is 16.0 Å². The van der Waals surface area contributed by atoms with Gasteiger partial charge in [0.1, 0.15) is 16.9 Å². The maximum atomic E-state index is 12.7. The maximum Gasteiger partial charge on any atom is 0.339 e. The molecule has 0 saturated heterocycles. The normalized spacial score (nSPS) is 12.2. The Morgan fingerprint density at radius 2 is 1.74 bits per heavy atom. The highest BCUT2D eigenvalue weighted by molar-refractivity contribution is 6.03. The summed E-state index contributed by atoms with van der Waals surface area (Å²) in [7, 11) is 0. The molecule has 0 aliphatic rings. The zero-order chi connectivity index (χ0) is 24.4. The third-order valence-corrected chi connectivity index (χ3v) is 6.13. The standard InChI is InChI=1S/C27H27NO6/c1-4-8-21(26(30)31)28-24(29)12-11-18-15(2)19-13-20-23(14-22(19)34-27(18)32)33-16(3)25(20)17-9-6-5-7-10-17/h5-7,9-10,13-14,21H,4,8,11-12H2,1-3H3,(H,28,29)(H,30,31)/p-1/t21-/m0/s1. The molecule has 0 spiro atoms. The quantitative estimate of drug-likeness (QED) is 0.400. The van der Waals surface area contributed by atoms with Gasteiger partial charge in [0.25, 0.3) is 0 Å². The fourth-order valence-corrected chi connectivity index (χ4v) is 4.40. The summed E-state index contributed by atoms with van der Waals surface area (Å²) in [5, 5.41) is 15.3. The van der Waals surface area contributed by atoms with Gasteiger partial charge in [-0.25, -0.2) is 4.79 Å². The zero-order valence-corrected chi connectivity index (χ0v) is 19.4. The van der Waals surface area contributed by atoms with E-state index in [2.05, 4.69) is 5.32 Å². The van der Waals surface area contributed by atoms with Gasteiger partial charge in [0, 0.05) is 34.4 Å². The van der Waals surface area contributed by atoms with E-state index in [9.17, 15) is 19.5 Å². The van der Waals surface area contributed by atoms with Crippen LogP contribution in [0.4, 0.5) is 0 Å². The van der Waals surface area contributed by atoms with Gasteiger partial charge < -0.3 is 24.1 Å². The lowest BCUT2D eigenvalue weighted by atomic mass is 9.98. The number of hydrogen-bond donors (Lipinski definition) is 1. The van der Waals surface area contributed by atoms with E-state index >= 15 is 0 Å². The molecule has 0 saturated carbocycles. The first kappa shape index (κ1) is 23.3. The van der Waals surface area contributed by atoms with Crippen molar-refractivity contribution >= 4 is 33.8 Å². The second-order valence-electron chi connectivity index (χ2n) is 8.46. The Kier molecular flexibility index (Phi) is 6.54. The molecule has 0 fully saturated rings. The van der Waals surface area contributed by atoms with E-state index < -0.39 is 23.5 Å². The summed E-state index contributed by atoms with van der Waals surface area (Å²) in [5.41, 5.74) is 3.65. The van der Waals surface area contributed by atoms with E-state index in [1.807, 2.05) is 57.2 Å². The topological polar surface area (TPSA) is 113 Å². The van der Waals surface area contributed by atoms with Crippen molar-refractivity contribution in [2.45, 2.75) is 52.5 Å². The summed E-state index contributed by atoms with van der Waals surface area (Å²) in [5.74, 6) is -0.998. The van der Waals surface area contributed by atoms with Gasteiger partial charge in [-0.2, -0.15) is 0 Å². The second kappa shape index (κ2) is 9.55. The van der Waals surface area contributed by atoms with E-state index in [1.54, 1.807) is 6.07 Å². The fraction of sp³-hybridized carbons (Fsp3) is 0.296. The van der Waals surface area contributed by atoms with Gasteiger partial charge in [0.2, 0.25) is 5.91 Å². The number of carbonyl (C=O) groups excluding carboxylic acids is 2. The predicted octanol–water partition coefficient (Wildman–Crippen LogP) is 3.79. The molecule has 7 nitrogen and oxygen atoms in total. The van der Waals surface area contributed by atoms with Crippen LogP contribution >= 0.6 is 0 Å².